The Morgan fingerprint density at radius 3 is 2.89 bits per heavy atom. The van der Waals surface area contributed by atoms with E-state index in [1.807, 2.05) is 10.6 Å². The molecule has 100 valence electrons. The number of methoxy groups -OCH3 is 1. The Kier molecular flexibility index (Phi) is 4.55. The number of aromatic nitrogens is 1. The molecule has 1 aliphatic carbocycles. The minimum atomic E-state index is -0.170. The summed E-state index contributed by atoms with van der Waals surface area (Å²) in [6.07, 6.45) is 5.15. The van der Waals surface area contributed by atoms with Crippen LogP contribution in [0.2, 0.25) is 0 Å². The SMILES string of the molecule is COCCCn1c2c(cc(CO)c1=O)CCCC2. The van der Waals surface area contributed by atoms with Crippen LogP contribution in [0, 0.1) is 0 Å². The van der Waals surface area contributed by atoms with Crippen LogP contribution < -0.4 is 5.56 Å². The van der Waals surface area contributed by atoms with E-state index in [0.717, 1.165) is 25.7 Å². The second kappa shape index (κ2) is 6.16. The summed E-state index contributed by atoms with van der Waals surface area (Å²) in [5, 5.41) is 9.28. The predicted molar refractivity (Wildman–Crippen MR) is 69.8 cm³/mol. The van der Waals surface area contributed by atoms with Gasteiger partial charge in [0.1, 0.15) is 0 Å². The molecule has 0 aromatic carbocycles. The normalized spacial score (nSPS) is 14.6. The summed E-state index contributed by atoms with van der Waals surface area (Å²) in [4.78, 5) is 12.2. The lowest BCUT2D eigenvalue weighted by Crippen LogP contribution is -2.30. The molecule has 1 N–H and O–H groups in total. The van der Waals surface area contributed by atoms with Gasteiger partial charge in [-0.05, 0) is 43.7 Å². The maximum absolute atomic E-state index is 12.2. The van der Waals surface area contributed by atoms with Gasteiger partial charge in [0.2, 0.25) is 0 Å². The van der Waals surface area contributed by atoms with Crippen molar-refractivity contribution in [2.45, 2.75) is 45.3 Å². The number of pyridine rings is 1. The van der Waals surface area contributed by atoms with E-state index >= 15 is 0 Å². The number of fused-ring (bicyclic) bond motifs is 1. The van der Waals surface area contributed by atoms with Crippen molar-refractivity contribution in [2.24, 2.45) is 0 Å². The van der Waals surface area contributed by atoms with E-state index in [-0.39, 0.29) is 12.2 Å². The van der Waals surface area contributed by atoms with E-state index < -0.39 is 0 Å². The lowest BCUT2D eigenvalue weighted by atomic mass is 9.94. The van der Waals surface area contributed by atoms with Crippen LogP contribution in [0.3, 0.4) is 0 Å². The molecule has 0 aliphatic heterocycles. The molecule has 0 saturated carbocycles. The minimum absolute atomic E-state index is 0.0331. The largest absolute Gasteiger partial charge is 0.391 e. The minimum Gasteiger partial charge on any atom is -0.391 e. The van der Waals surface area contributed by atoms with Crippen LogP contribution in [0.1, 0.15) is 36.1 Å². The monoisotopic (exact) mass is 251 g/mol. The smallest absolute Gasteiger partial charge is 0.256 e. The highest BCUT2D eigenvalue weighted by Crippen LogP contribution is 2.21. The van der Waals surface area contributed by atoms with Crippen LogP contribution >= 0.6 is 0 Å². The molecule has 1 aromatic rings. The highest BCUT2D eigenvalue weighted by Gasteiger charge is 2.16. The van der Waals surface area contributed by atoms with Gasteiger partial charge in [-0.3, -0.25) is 4.79 Å². The summed E-state index contributed by atoms with van der Waals surface area (Å²) in [7, 11) is 1.67. The van der Waals surface area contributed by atoms with Crippen LogP contribution in [0.5, 0.6) is 0 Å². The van der Waals surface area contributed by atoms with Crippen molar-refractivity contribution >= 4 is 0 Å². The number of aliphatic hydroxyl groups excluding tert-OH is 1. The van der Waals surface area contributed by atoms with Gasteiger partial charge in [-0.25, -0.2) is 0 Å². The number of hydrogen-bond donors (Lipinski definition) is 1. The summed E-state index contributed by atoms with van der Waals surface area (Å²) in [5.74, 6) is 0. The number of aliphatic hydroxyl groups is 1. The molecule has 1 aromatic heterocycles. The second-order valence-electron chi connectivity index (χ2n) is 4.81. The zero-order valence-corrected chi connectivity index (χ0v) is 10.9. The average Bonchev–Trinajstić information content (AvgIpc) is 2.41. The quantitative estimate of drug-likeness (QED) is 0.801. The third-order valence-electron chi connectivity index (χ3n) is 3.58. The van der Waals surface area contributed by atoms with E-state index in [1.54, 1.807) is 7.11 Å². The number of aryl methyl sites for hydroxylation is 1. The molecule has 0 bridgehead atoms. The summed E-state index contributed by atoms with van der Waals surface area (Å²) in [6.45, 7) is 1.17. The van der Waals surface area contributed by atoms with Crippen molar-refractivity contribution in [2.75, 3.05) is 13.7 Å². The Balaban J connectivity index is 2.37. The van der Waals surface area contributed by atoms with Gasteiger partial charge in [-0.15, -0.1) is 0 Å². The van der Waals surface area contributed by atoms with E-state index in [1.165, 1.54) is 17.7 Å². The first-order chi connectivity index (χ1) is 8.77. The van der Waals surface area contributed by atoms with Crippen LogP contribution in [0.15, 0.2) is 10.9 Å². The maximum atomic E-state index is 12.2. The first-order valence-corrected chi connectivity index (χ1v) is 6.62. The van der Waals surface area contributed by atoms with Gasteiger partial charge in [-0.1, -0.05) is 0 Å². The van der Waals surface area contributed by atoms with Crippen LogP contribution in [-0.2, 0) is 30.7 Å². The fourth-order valence-electron chi connectivity index (χ4n) is 2.66. The molecule has 1 heterocycles. The summed E-state index contributed by atoms with van der Waals surface area (Å²) in [5.41, 5.74) is 2.89. The molecule has 0 spiro atoms. The fraction of sp³-hybridized carbons (Fsp3) is 0.643. The highest BCUT2D eigenvalue weighted by molar-refractivity contribution is 5.28. The first kappa shape index (κ1) is 13.3. The van der Waals surface area contributed by atoms with Crippen molar-refractivity contribution < 1.29 is 9.84 Å². The summed E-state index contributed by atoms with van der Waals surface area (Å²) >= 11 is 0. The van der Waals surface area contributed by atoms with Gasteiger partial charge in [-0.2, -0.15) is 0 Å². The topological polar surface area (TPSA) is 51.5 Å². The Morgan fingerprint density at radius 2 is 2.17 bits per heavy atom. The molecule has 0 amide bonds. The molecular weight excluding hydrogens is 230 g/mol. The van der Waals surface area contributed by atoms with Crippen molar-refractivity contribution in [3.05, 3.63) is 33.2 Å². The van der Waals surface area contributed by atoms with Crippen LogP contribution in [0.4, 0.5) is 0 Å². The van der Waals surface area contributed by atoms with E-state index in [2.05, 4.69) is 0 Å². The summed E-state index contributed by atoms with van der Waals surface area (Å²) in [6, 6.07) is 1.89. The number of nitrogens with zero attached hydrogens (tertiary/aromatic N) is 1. The number of hydrogen-bond acceptors (Lipinski definition) is 3. The Labute approximate surface area is 107 Å². The van der Waals surface area contributed by atoms with Gasteiger partial charge < -0.3 is 14.4 Å². The molecule has 0 radical (unpaired) electrons. The third kappa shape index (κ3) is 2.65. The third-order valence-corrected chi connectivity index (χ3v) is 3.58. The molecule has 4 nitrogen and oxygen atoms in total. The number of rotatable bonds is 5. The van der Waals surface area contributed by atoms with E-state index in [4.69, 9.17) is 4.74 Å². The predicted octanol–water partition coefficient (Wildman–Crippen LogP) is 1.26. The van der Waals surface area contributed by atoms with Crippen molar-refractivity contribution in [1.82, 2.24) is 4.57 Å². The van der Waals surface area contributed by atoms with Crippen molar-refractivity contribution in [1.29, 1.82) is 0 Å². The molecule has 0 atom stereocenters. The molecule has 2 rings (SSSR count). The molecule has 0 fully saturated rings. The standard InChI is InChI=1S/C14H21NO3/c1-18-8-4-7-15-13-6-3-2-5-11(13)9-12(10-16)14(15)17/h9,16H,2-8,10H2,1H3. The van der Waals surface area contributed by atoms with Crippen molar-refractivity contribution in [3.63, 3.8) is 0 Å². The molecular formula is C14H21NO3. The second-order valence-corrected chi connectivity index (χ2v) is 4.81. The van der Waals surface area contributed by atoms with Gasteiger partial charge in [0, 0.05) is 31.5 Å². The molecule has 18 heavy (non-hydrogen) atoms. The van der Waals surface area contributed by atoms with Gasteiger partial charge in [0.05, 0.1) is 6.61 Å². The Hall–Kier alpha value is -1.13. The van der Waals surface area contributed by atoms with E-state index in [0.29, 0.717) is 18.7 Å². The van der Waals surface area contributed by atoms with E-state index in [9.17, 15) is 9.90 Å². The molecule has 1 aliphatic rings. The fourth-order valence-corrected chi connectivity index (χ4v) is 2.66. The average molecular weight is 251 g/mol. The molecule has 0 unspecified atom stereocenters. The molecule has 0 saturated heterocycles. The lowest BCUT2D eigenvalue weighted by Gasteiger charge is -2.22. The first-order valence-electron chi connectivity index (χ1n) is 6.62. The molecule has 4 heteroatoms. The Morgan fingerprint density at radius 1 is 1.39 bits per heavy atom. The maximum Gasteiger partial charge on any atom is 0.256 e. The summed E-state index contributed by atoms with van der Waals surface area (Å²) < 4.78 is 6.89. The zero-order chi connectivity index (χ0) is 13.0. The number of ether oxygens (including phenoxy) is 1. The van der Waals surface area contributed by atoms with Gasteiger partial charge in [0.15, 0.2) is 0 Å². The van der Waals surface area contributed by atoms with Crippen LogP contribution in [-0.4, -0.2) is 23.4 Å². The van der Waals surface area contributed by atoms with Crippen LogP contribution in [0.25, 0.3) is 0 Å². The highest BCUT2D eigenvalue weighted by atomic mass is 16.5. The van der Waals surface area contributed by atoms with Gasteiger partial charge in [0.25, 0.3) is 5.56 Å². The lowest BCUT2D eigenvalue weighted by molar-refractivity contribution is 0.189. The zero-order valence-electron chi connectivity index (χ0n) is 10.9. The van der Waals surface area contributed by atoms with Crippen molar-refractivity contribution in [3.8, 4) is 0 Å². The van der Waals surface area contributed by atoms with Gasteiger partial charge >= 0.3 is 0 Å². The Bertz CT molecular complexity index is 465.